The normalized spacial score (nSPS) is 11.8. The van der Waals surface area contributed by atoms with Gasteiger partial charge >= 0.3 is 12.1 Å². The van der Waals surface area contributed by atoms with Gasteiger partial charge in [0.25, 0.3) is 0 Å². The number of hydrogen-bond acceptors (Lipinski definition) is 3. The second-order valence-corrected chi connectivity index (χ2v) is 7.36. The van der Waals surface area contributed by atoms with Crippen LogP contribution in [0.1, 0.15) is 36.0 Å². The van der Waals surface area contributed by atoms with Crippen molar-refractivity contribution in [3.05, 3.63) is 89.5 Å². The fourth-order valence-corrected chi connectivity index (χ4v) is 3.33. The zero-order valence-corrected chi connectivity index (χ0v) is 18.3. The Labute approximate surface area is 191 Å². The molecule has 33 heavy (non-hydrogen) atoms. The molecule has 0 saturated heterocycles. The van der Waals surface area contributed by atoms with Gasteiger partial charge in [-0.15, -0.1) is 5.92 Å². The predicted molar refractivity (Wildman–Crippen MR) is 120 cm³/mol. The molecule has 0 radical (unpaired) electrons. The molecule has 1 unspecified atom stereocenters. The van der Waals surface area contributed by atoms with Gasteiger partial charge in [0.1, 0.15) is 12.4 Å². The van der Waals surface area contributed by atoms with E-state index >= 15 is 0 Å². The highest BCUT2D eigenvalue weighted by atomic mass is 19.4. The third-order valence-corrected chi connectivity index (χ3v) is 5.08. The van der Waals surface area contributed by atoms with Crippen molar-refractivity contribution < 1.29 is 27.4 Å². The largest absolute Gasteiger partial charge is 0.489 e. The quantitative estimate of drug-likeness (QED) is 0.298. The Morgan fingerprint density at radius 2 is 1.67 bits per heavy atom. The van der Waals surface area contributed by atoms with Crippen LogP contribution in [-0.2, 0) is 22.3 Å². The molecule has 0 aliphatic heterocycles. The molecule has 0 aliphatic carbocycles. The van der Waals surface area contributed by atoms with Crippen molar-refractivity contribution in [2.75, 3.05) is 7.11 Å². The second-order valence-electron chi connectivity index (χ2n) is 7.36. The van der Waals surface area contributed by atoms with E-state index < -0.39 is 11.7 Å². The fourth-order valence-electron chi connectivity index (χ4n) is 3.33. The van der Waals surface area contributed by atoms with Crippen LogP contribution in [-0.4, -0.2) is 13.1 Å². The van der Waals surface area contributed by atoms with Gasteiger partial charge in [-0.25, -0.2) is 0 Å². The van der Waals surface area contributed by atoms with E-state index in [4.69, 9.17) is 9.47 Å². The molecule has 0 heterocycles. The standard InChI is InChI=1S/C27H23F3O3/c1-3-5-22(17-26(31)32-2)21-10-14-25(15-11-21)33-18-19-6-4-7-23(16-19)20-8-12-24(13-9-20)27(28,29)30/h4,6-16,22H,17-18H2,1-2H3. The van der Waals surface area contributed by atoms with Crippen LogP contribution in [0, 0.1) is 11.8 Å². The summed E-state index contributed by atoms with van der Waals surface area (Å²) in [6.45, 7) is 2.02. The summed E-state index contributed by atoms with van der Waals surface area (Å²) in [5, 5.41) is 0. The highest BCUT2D eigenvalue weighted by Crippen LogP contribution is 2.31. The van der Waals surface area contributed by atoms with E-state index in [0.717, 1.165) is 28.8 Å². The highest BCUT2D eigenvalue weighted by Gasteiger charge is 2.29. The lowest BCUT2D eigenvalue weighted by atomic mass is 9.96. The molecule has 1 atom stereocenters. The first-order valence-electron chi connectivity index (χ1n) is 10.3. The second kappa shape index (κ2) is 10.7. The molecule has 3 rings (SSSR count). The number of carbonyl (C=O) groups is 1. The summed E-state index contributed by atoms with van der Waals surface area (Å²) in [4.78, 5) is 11.6. The van der Waals surface area contributed by atoms with Crippen molar-refractivity contribution in [2.45, 2.75) is 32.0 Å². The molecule has 0 spiro atoms. The van der Waals surface area contributed by atoms with E-state index in [0.29, 0.717) is 17.9 Å². The molecule has 0 N–H and O–H groups in total. The number of carbonyl (C=O) groups excluding carboxylic acids is 1. The molecule has 3 aromatic carbocycles. The summed E-state index contributed by atoms with van der Waals surface area (Å²) in [6.07, 6.45) is -4.18. The molecule has 0 aliphatic rings. The molecule has 0 fully saturated rings. The molecule has 3 nitrogen and oxygen atoms in total. The minimum Gasteiger partial charge on any atom is -0.489 e. The average molecular weight is 452 g/mol. The molecule has 0 amide bonds. The maximum atomic E-state index is 12.8. The van der Waals surface area contributed by atoms with E-state index in [1.54, 1.807) is 6.92 Å². The van der Waals surface area contributed by atoms with Crippen molar-refractivity contribution in [2.24, 2.45) is 0 Å². The summed E-state index contributed by atoms with van der Waals surface area (Å²) >= 11 is 0. The molecule has 0 aromatic heterocycles. The lowest BCUT2D eigenvalue weighted by Crippen LogP contribution is -2.07. The Bertz CT molecular complexity index is 1140. The smallest absolute Gasteiger partial charge is 0.416 e. The van der Waals surface area contributed by atoms with Gasteiger partial charge in [0.2, 0.25) is 0 Å². The summed E-state index contributed by atoms with van der Waals surface area (Å²) < 4.78 is 49.0. The monoisotopic (exact) mass is 452 g/mol. The van der Waals surface area contributed by atoms with Crippen LogP contribution in [0.25, 0.3) is 11.1 Å². The maximum Gasteiger partial charge on any atom is 0.416 e. The number of hydrogen-bond donors (Lipinski definition) is 0. The Morgan fingerprint density at radius 1 is 0.970 bits per heavy atom. The summed E-state index contributed by atoms with van der Waals surface area (Å²) in [5.74, 6) is 5.94. The number of methoxy groups -OCH3 is 1. The topological polar surface area (TPSA) is 35.5 Å². The Morgan fingerprint density at radius 3 is 2.27 bits per heavy atom. The minimum absolute atomic E-state index is 0.175. The van der Waals surface area contributed by atoms with Gasteiger partial charge in [0, 0.05) is 0 Å². The van der Waals surface area contributed by atoms with Crippen LogP contribution >= 0.6 is 0 Å². The van der Waals surface area contributed by atoms with Crippen molar-refractivity contribution in [3.63, 3.8) is 0 Å². The van der Waals surface area contributed by atoms with Crippen LogP contribution in [0.5, 0.6) is 5.75 Å². The number of ether oxygens (including phenoxy) is 2. The van der Waals surface area contributed by atoms with Crippen molar-refractivity contribution in [1.29, 1.82) is 0 Å². The van der Waals surface area contributed by atoms with Gasteiger partial charge in [-0.3, -0.25) is 4.79 Å². The molecular formula is C27H23F3O3. The van der Waals surface area contributed by atoms with Crippen LogP contribution in [0.3, 0.4) is 0 Å². The number of rotatable bonds is 7. The Kier molecular flexibility index (Phi) is 7.78. The molecule has 0 bridgehead atoms. The van der Waals surface area contributed by atoms with Gasteiger partial charge < -0.3 is 9.47 Å². The summed E-state index contributed by atoms with van der Waals surface area (Å²) in [5.41, 5.74) is 2.61. The minimum atomic E-state index is -4.35. The first-order chi connectivity index (χ1) is 15.8. The van der Waals surface area contributed by atoms with E-state index in [2.05, 4.69) is 11.8 Å². The molecular weight excluding hydrogens is 429 g/mol. The van der Waals surface area contributed by atoms with Gasteiger partial charge in [-0.1, -0.05) is 48.4 Å². The van der Waals surface area contributed by atoms with Crippen LogP contribution in [0.2, 0.25) is 0 Å². The van der Waals surface area contributed by atoms with E-state index in [1.807, 2.05) is 48.5 Å². The highest BCUT2D eigenvalue weighted by molar-refractivity contribution is 5.71. The zero-order chi connectivity index (χ0) is 23.8. The summed E-state index contributed by atoms with van der Waals surface area (Å²) in [7, 11) is 1.35. The third-order valence-electron chi connectivity index (χ3n) is 5.08. The van der Waals surface area contributed by atoms with E-state index in [9.17, 15) is 18.0 Å². The number of alkyl halides is 3. The predicted octanol–water partition coefficient (Wildman–Crippen LogP) is 6.62. The van der Waals surface area contributed by atoms with Crippen molar-refractivity contribution >= 4 is 5.97 Å². The van der Waals surface area contributed by atoms with Gasteiger partial charge in [-0.2, -0.15) is 13.2 Å². The van der Waals surface area contributed by atoms with Crippen LogP contribution < -0.4 is 4.74 Å². The van der Waals surface area contributed by atoms with Crippen LogP contribution in [0.15, 0.2) is 72.8 Å². The number of halogens is 3. The SMILES string of the molecule is CC#CC(CC(=O)OC)c1ccc(OCc2cccc(-c3ccc(C(F)(F)F)cc3)c2)cc1. The number of benzene rings is 3. The molecule has 6 heteroatoms. The first kappa shape index (κ1) is 23.9. The van der Waals surface area contributed by atoms with E-state index in [-0.39, 0.29) is 18.3 Å². The molecule has 0 saturated carbocycles. The number of esters is 1. The van der Waals surface area contributed by atoms with Crippen molar-refractivity contribution in [1.82, 2.24) is 0 Å². The zero-order valence-electron chi connectivity index (χ0n) is 18.3. The Hall–Kier alpha value is -3.72. The first-order valence-corrected chi connectivity index (χ1v) is 10.3. The van der Waals surface area contributed by atoms with Gasteiger partial charge in [0.15, 0.2) is 0 Å². The third kappa shape index (κ3) is 6.63. The lowest BCUT2D eigenvalue weighted by Gasteiger charge is -2.12. The van der Waals surface area contributed by atoms with Crippen LogP contribution in [0.4, 0.5) is 13.2 Å². The van der Waals surface area contributed by atoms with E-state index in [1.165, 1.54) is 19.2 Å². The maximum absolute atomic E-state index is 12.8. The van der Waals surface area contributed by atoms with Gasteiger partial charge in [0.05, 0.1) is 25.0 Å². The van der Waals surface area contributed by atoms with Gasteiger partial charge in [-0.05, 0) is 59.5 Å². The fraction of sp³-hybridized carbons (Fsp3) is 0.222. The van der Waals surface area contributed by atoms with Crippen molar-refractivity contribution in [3.8, 4) is 28.7 Å². The average Bonchev–Trinajstić information content (AvgIpc) is 2.82. The summed E-state index contributed by atoms with van der Waals surface area (Å²) in [6, 6.07) is 19.9. The molecule has 3 aromatic rings. The molecule has 170 valence electrons. The lowest BCUT2D eigenvalue weighted by molar-refractivity contribution is -0.141. The Balaban J connectivity index is 1.66.